The van der Waals surface area contributed by atoms with Crippen molar-refractivity contribution in [1.82, 2.24) is 0 Å². The highest BCUT2D eigenvalue weighted by molar-refractivity contribution is 5.81. The van der Waals surface area contributed by atoms with Gasteiger partial charge in [0.25, 0.3) is 0 Å². The molecule has 0 aliphatic rings. The Labute approximate surface area is 59.6 Å². The van der Waals surface area contributed by atoms with Gasteiger partial charge in [-0.15, -0.1) is 0 Å². The van der Waals surface area contributed by atoms with Gasteiger partial charge >= 0.3 is 5.97 Å². The van der Waals surface area contributed by atoms with Crippen LogP contribution in [0.3, 0.4) is 0 Å². The fraction of sp³-hybridized carbons (Fsp3) is 0.286. The lowest BCUT2D eigenvalue weighted by Crippen LogP contribution is -1.97. The van der Waals surface area contributed by atoms with Crippen molar-refractivity contribution in [2.75, 3.05) is 6.61 Å². The summed E-state index contributed by atoms with van der Waals surface area (Å²) in [6.07, 6.45) is 2.45. The number of ether oxygens (including phenoxy) is 1. The lowest BCUT2D eigenvalue weighted by Gasteiger charge is -1.97. The number of hydrogen-bond acceptors (Lipinski definition) is 3. The molecule has 56 valence electrons. The van der Waals surface area contributed by atoms with Crippen LogP contribution in [-0.2, 0) is 9.53 Å². The summed E-state index contributed by atoms with van der Waals surface area (Å²) < 4.78 is 4.58. The van der Waals surface area contributed by atoms with Crippen LogP contribution in [0.15, 0.2) is 24.5 Å². The van der Waals surface area contributed by atoms with Crippen LogP contribution in [0.25, 0.3) is 0 Å². The largest absolute Gasteiger partial charge is 0.428 e. The monoisotopic (exact) mass is 142 g/mol. The number of aliphatic hydroxyl groups excluding tert-OH is 1. The van der Waals surface area contributed by atoms with E-state index < -0.39 is 5.97 Å². The molecule has 0 unspecified atom stereocenters. The van der Waals surface area contributed by atoms with Crippen molar-refractivity contribution >= 4 is 5.97 Å². The molecule has 0 aliphatic carbocycles. The lowest BCUT2D eigenvalue weighted by molar-refractivity contribution is -0.133. The first-order chi connectivity index (χ1) is 4.70. The second-order valence-electron chi connectivity index (χ2n) is 1.62. The molecule has 1 N–H and O–H groups in total. The van der Waals surface area contributed by atoms with Crippen LogP contribution in [0.2, 0.25) is 0 Å². The number of esters is 1. The van der Waals surface area contributed by atoms with Crippen LogP contribution in [-0.4, -0.2) is 17.7 Å². The Balaban J connectivity index is 3.78. The molecule has 0 amide bonds. The molecule has 10 heavy (non-hydrogen) atoms. The molecule has 0 aromatic rings. The topological polar surface area (TPSA) is 46.5 Å². The van der Waals surface area contributed by atoms with E-state index in [1.807, 2.05) is 0 Å². The van der Waals surface area contributed by atoms with E-state index in [1.165, 1.54) is 6.08 Å². The first kappa shape index (κ1) is 8.91. The molecule has 0 aliphatic heterocycles. The van der Waals surface area contributed by atoms with Gasteiger partial charge in [-0.1, -0.05) is 6.58 Å². The van der Waals surface area contributed by atoms with E-state index in [2.05, 4.69) is 11.3 Å². The maximum atomic E-state index is 10.4. The number of aliphatic hydroxyl groups is 1. The minimum atomic E-state index is -0.512. The van der Waals surface area contributed by atoms with Crippen molar-refractivity contribution in [2.45, 2.75) is 6.92 Å². The highest BCUT2D eigenvalue weighted by Gasteiger charge is 1.94. The van der Waals surface area contributed by atoms with Crippen LogP contribution >= 0.6 is 0 Å². The standard InChI is InChI=1S/C7H10O3/c1-3-7(9)10-6(2)4-5-8/h3-4,8H,1,5H2,2H3/b6-4+. The lowest BCUT2D eigenvalue weighted by atomic mass is 10.5. The van der Waals surface area contributed by atoms with Gasteiger partial charge in [-0.05, 0) is 13.0 Å². The van der Waals surface area contributed by atoms with E-state index >= 15 is 0 Å². The average Bonchev–Trinajstić information content (AvgIpc) is 1.88. The Morgan fingerprint density at radius 3 is 2.80 bits per heavy atom. The molecule has 0 heterocycles. The number of allylic oxidation sites excluding steroid dienone is 1. The zero-order valence-electron chi connectivity index (χ0n) is 5.83. The third-order valence-corrected chi connectivity index (χ3v) is 0.807. The number of carbonyl (C=O) groups excluding carboxylic acids is 1. The van der Waals surface area contributed by atoms with Crippen LogP contribution in [0, 0.1) is 0 Å². The van der Waals surface area contributed by atoms with E-state index in [0.717, 1.165) is 6.08 Å². The summed E-state index contributed by atoms with van der Waals surface area (Å²) in [6.45, 7) is 4.66. The zero-order chi connectivity index (χ0) is 7.98. The Hall–Kier alpha value is -1.09. The van der Waals surface area contributed by atoms with Crippen molar-refractivity contribution in [3.8, 4) is 0 Å². The molecule has 0 radical (unpaired) electrons. The molecule has 0 saturated heterocycles. The second-order valence-corrected chi connectivity index (χ2v) is 1.62. The van der Waals surface area contributed by atoms with Crippen LogP contribution < -0.4 is 0 Å². The number of hydrogen-bond donors (Lipinski definition) is 1. The van der Waals surface area contributed by atoms with Gasteiger partial charge < -0.3 is 9.84 Å². The Bertz CT molecular complexity index is 158. The van der Waals surface area contributed by atoms with Gasteiger partial charge in [0.05, 0.1) is 6.61 Å². The summed E-state index contributed by atoms with van der Waals surface area (Å²) in [4.78, 5) is 10.4. The number of carbonyl (C=O) groups is 1. The highest BCUT2D eigenvalue weighted by atomic mass is 16.5. The molecular formula is C7H10O3. The van der Waals surface area contributed by atoms with E-state index in [-0.39, 0.29) is 6.61 Å². The minimum absolute atomic E-state index is 0.129. The summed E-state index contributed by atoms with van der Waals surface area (Å²) in [6, 6.07) is 0. The van der Waals surface area contributed by atoms with E-state index in [1.54, 1.807) is 6.92 Å². The second kappa shape index (κ2) is 4.76. The summed E-state index contributed by atoms with van der Waals surface area (Å²) in [5.74, 6) is -0.130. The number of rotatable bonds is 3. The fourth-order valence-corrected chi connectivity index (χ4v) is 0.371. The smallest absolute Gasteiger partial charge is 0.335 e. The Morgan fingerprint density at radius 1 is 1.80 bits per heavy atom. The van der Waals surface area contributed by atoms with Gasteiger partial charge in [0.15, 0.2) is 0 Å². The molecule has 0 aromatic heterocycles. The Kier molecular flexibility index (Phi) is 4.24. The SMILES string of the molecule is C=CC(=O)O/C(C)=C/CO. The molecule has 0 spiro atoms. The fourth-order valence-electron chi connectivity index (χ4n) is 0.371. The first-order valence-electron chi connectivity index (χ1n) is 2.82. The summed E-state index contributed by atoms with van der Waals surface area (Å²) in [5.41, 5.74) is 0. The van der Waals surface area contributed by atoms with Gasteiger partial charge in [0, 0.05) is 6.08 Å². The van der Waals surface area contributed by atoms with Gasteiger partial charge in [-0.2, -0.15) is 0 Å². The van der Waals surface area contributed by atoms with Gasteiger partial charge in [-0.3, -0.25) is 0 Å². The molecule has 0 bridgehead atoms. The molecule has 3 nitrogen and oxygen atoms in total. The van der Waals surface area contributed by atoms with E-state index in [4.69, 9.17) is 5.11 Å². The molecule has 0 fully saturated rings. The van der Waals surface area contributed by atoms with Crippen LogP contribution in [0.5, 0.6) is 0 Å². The molecule has 3 heteroatoms. The van der Waals surface area contributed by atoms with E-state index in [0.29, 0.717) is 5.76 Å². The van der Waals surface area contributed by atoms with Crippen LogP contribution in [0.4, 0.5) is 0 Å². The molecule has 0 atom stereocenters. The third kappa shape index (κ3) is 3.86. The molecule has 0 aromatic carbocycles. The zero-order valence-corrected chi connectivity index (χ0v) is 5.83. The minimum Gasteiger partial charge on any atom is -0.428 e. The van der Waals surface area contributed by atoms with Gasteiger partial charge in [0.2, 0.25) is 0 Å². The maximum Gasteiger partial charge on any atom is 0.335 e. The molecular weight excluding hydrogens is 132 g/mol. The predicted molar refractivity (Wildman–Crippen MR) is 37.1 cm³/mol. The quantitative estimate of drug-likeness (QED) is 0.357. The summed E-state index contributed by atoms with van der Waals surface area (Å²) in [5, 5.41) is 8.33. The predicted octanol–water partition coefficient (Wildman–Crippen LogP) is 0.612. The van der Waals surface area contributed by atoms with E-state index in [9.17, 15) is 4.79 Å². The van der Waals surface area contributed by atoms with Crippen molar-refractivity contribution in [1.29, 1.82) is 0 Å². The van der Waals surface area contributed by atoms with Crippen molar-refractivity contribution in [3.05, 3.63) is 24.5 Å². The summed E-state index contributed by atoms with van der Waals surface area (Å²) >= 11 is 0. The van der Waals surface area contributed by atoms with Gasteiger partial charge in [-0.25, -0.2) is 4.79 Å². The van der Waals surface area contributed by atoms with Crippen molar-refractivity contribution in [2.24, 2.45) is 0 Å². The maximum absolute atomic E-state index is 10.4. The van der Waals surface area contributed by atoms with Crippen LogP contribution in [0.1, 0.15) is 6.92 Å². The summed E-state index contributed by atoms with van der Waals surface area (Å²) in [7, 11) is 0. The average molecular weight is 142 g/mol. The molecule has 0 saturated carbocycles. The van der Waals surface area contributed by atoms with Crippen molar-refractivity contribution < 1.29 is 14.6 Å². The highest BCUT2D eigenvalue weighted by Crippen LogP contribution is 1.94. The molecule has 0 rings (SSSR count). The van der Waals surface area contributed by atoms with Gasteiger partial charge in [0.1, 0.15) is 5.76 Å². The normalized spacial score (nSPS) is 10.8. The first-order valence-corrected chi connectivity index (χ1v) is 2.82. The van der Waals surface area contributed by atoms with Crippen molar-refractivity contribution in [3.63, 3.8) is 0 Å². The third-order valence-electron chi connectivity index (χ3n) is 0.807. The Morgan fingerprint density at radius 2 is 2.40 bits per heavy atom.